The van der Waals surface area contributed by atoms with Crippen molar-refractivity contribution in [2.24, 2.45) is 5.73 Å². The van der Waals surface area contributed by atoms with E-state index in [4.69, 9.17) is 18.0 Å². The highest BCUT2D eigenvalue weighted by atomic mass is 32.2. The van der Waals surface area contributed by atoms with Gasteiger partial charge >= 0.3 is 0 Å². The molecule has 5 nitrogen and oxygen atoms in total. The van der Waals surface area contributed by atoms with Gasteiger partial charge in [0.25, 0.3) is 10.0 Å². The number of sulfonamides is 1. The second-order valence-electron chi connectivity index (χ2n) is 4.20. The smallest absolute Gasteiger partial charge is 0.265 e. The van der Waals surface area contributed by atoms with Gasteiger partial charge in [-0.2, -0.15) is 0 Å². The number of pyridine rings is 1. The van der Waals surface area contributed by atoms with Gasteiger partial charge in [0, 0.05) is 13.2 Å². The zero-order valence-corrected chi connectivity index (χ0v) is 12.7. The summed E-state index contributed by atoms with van der Waals surface area (Å²) in [7, 11) is -2.49. The minimum atomic E-state index is -3.83. The van der Waals surface area contributed by atoms with Gasteiger partial charge in [0.2, 0.25) is 0 Å². The molecule has 2 rings (SSSR count). The number of nitrogens with zero attached hydrogens (tertiary/aromatic N) is 2. The molecule has 0 aliphatic heterocycles. The number of hydrogen-bond donors (Lipinski definition) is 1. The molecule has 0 fully saturated rings. The van der Waals surface area contributed by atoms with Gasteiger partial charge in [-0.05, 0) is 30.3 Å². The van der Waals surface area contributed by atoms with Crippen molar-refractivity contribution in [2.75, 3.05) is 11.4 Å². The van der Waals surface area contributed by atoms with Crippen LogP contribution in [0.4, 0.5) is 10.1 Å². The Labute approximate surface area is 127 Å². The summed E-state index contributed by atoms with van der Waals surface area (Å²) in [5.74, 6) is -0.517. The largest absolute Gasteiger partial charge is 0.388 e. The Kier molecular flexibility index (Phi) is 4.19. The molecule has 0 unspecified atom stereocenters. The molecule has 8 heteroatoms. The third kappa shape index (κ3) is 3.17. The van der Waals surface area contributed by atoms with Gasteiger partial charge in [0.15, 0.2) is 0 Å². The molecule has 0 aliphatic rings. The first-order chi connectivity index (χ1) is 9.82. The summed E-state index contributed by atoms with van der Waals surface area (Å²) in [4.78, 5) is 3.94. The molecule has 0 aliphatic carbocycles. The molecule has 0 radical (unpaired) electrons. The standard InChI is InChI=1S/C13H12FN3O2S2/c1-17(10-4-2-3-9(14)7-10)21(18,19)11-5-6-12(13(15)20)16-8-11/h2-8H,1H3,(H2,15,20). The molecular formula is C13H12FN3O2S2. The minimum absolute atomic E-state index is 0.0331. The third-order valence-electron chi connectivity index (χ3n) is 2.82. The number of aromatic nitrogens is 1. The first kappa shape index (κ1) is 15.3. The number of thiocarbonyl (C=S) groups is 1. The first-order valence-corrected chi connectivity index (χ1v) is 7.67. The molecule has 0 atom stereocenters. The summed E-state index contributed by atoms with van der Waals surface area (Å²) < 4.78 is 39.0. The van der Waals surface area contributed by atoms with E-state index in [1.54, 1.807) is 0 Å². The Morgan fingerprint density at radius 3 is 2.57 bits per heavy atom. The van der Waals surface area contributed by atoms with E-state index in [0.29, 0.717) is 5.69 Å². The lowest BCUT2D eigenvalue weighted by Gasteiger charge is -2.19. The quantitative estimate of drug-likeness (QED) is 0.866. The van der Waals surface area contributed by atoms with Crippen LogP contribution in [0.3, 0.4) is 0 Å². The maximum atomic E-state index is 13.2. The average molecular weight is 325 g/mol. The topological polar surface area (TPSA) is 76.3 Å². The highest BCUT2D eigenvalue weighted by Crippen LogP contribution is 2.22. The van der Waals surface area contributed by atoms with Gasteiger partial charge in [-0.25, -0.2) is 12.8 Å². The van der Waals surface area contributed by atoms with Crippen molar-refractivity contribution in [1.29, 1.82) is 0 Å². The van der Waals surface area contributed by atoms with E-state index in [0.717, 1.165) is 10.4 Å². The number of nitrogens with two attached hydrogens (primary N) is 1. The third-order valence-corrected chi connectivity index (χ3v) is 4.80. The first-order valence-electron chi connectivity index (χ1n) is 5.83. The summed E-state index contributed by atoms with van der Waals surface area (Å²) in [5, 5.41) is 0. The number of anilines is 1. The van der Waals surface area contributed by atoms with Gasteiger partial charge in [-0.1, -0.05) is 18.3 Å². The van der Waals surface area contributed by atoms with E-state index >= 15 is 0 Å². The summed E-state index contributed by atoms with van der Waals surface area (Å²) in [6.45, 7) is 0. The fourth-order valence-electron chi connectivity index (χ4n) is 1.65. The van der Waals surface area contributed by atoms with Crippen molar-refractivity contribution in [3.8, 4) is 0 Å². The van der Waals surface area contributed by atoms with Crippen LogP contribution in [0.5, 0.6) is 0 Å². The van der Waals surface area contributed by atoms with Crippen LogP contribution in [0, 0.1) is 5.82 Å². The van der Waals surface area contributed by atoms with Crippen molar-refractivity contribution in [2.45, 2.75) is 4.90 Å². The van der Waals surface area contributed by atoms with Crippen LogP contribution in [-0.2, 0) is 10.0 Å². The van der Waals surface area contributed by atoms with Crippen molar-refractivity contribution < 1.29 is 12.8 Å². The van der Waals surface area contributed by atoms with E-state index in [1.165, 1.54) is 43.6 Å². The highest BCUT2D eigenvalue weighted by molar-refractivity contribution is 7.92. The second kappa shape index (κ2) is 5.74. The molecule has 0 saturated carbocycles. The molecule has 0 amide bonds. The van der Waals surface area contributed by atoms with Gasteiger partial charge in [-0.15, -0.1) is 0 Å². The number of rotatable bonds is 4. The van der Waals surface area contributed by atoms with Crippen molar-refractivity contribution in [3.63, 3.8) is 0 Å². The molecule has 0 bridgehead atoms. The van der Waals surface area contributed by atoms with Crippen LogP contribution in [0.1, 0.15) is 5.69 Å². The van der Waals surface area contributed by atoms with Crippen LogP contribution in [0.15, 0.2) is 47.5 Å². The number of benzene rings is 1. The van der Waals surface area contributed by atoms with Crippen LogP contribution < -0.4 is 10.0 Å². The lowest BCUT2D eigenvalue weighted by atomic mass is 10.3. The lowest BCUT2D eigenvalue weighted by Crippen LogP contribution is -2.27. The zero-order valence-electron chi connectivity index (χ0n) is 11.0. The van der Waals surface area contributed by atoms with Crippen LogP contribution in [0.25, 0.3) is 0 Å². The van der Waals surface area contributed by atoms with E-state index in [-0.39, 0.29) is 15.6 Å². The Morgan fingerprint density at radius 2 is 2.05 bits per heavy atom. The maximum absolute atomic E-state index is 13.2. The van der Waals surface area contributed by atoms with Crippen LogP contribution in [0.2, 0.25) is 0 Å². The molecule has 0 saturated heterocycles. The molecule has 2 aromatic rings. The van der Waals surface area contributed by atoms with Gasteiger partial charge < -0.3 is 5.73 Å². The van der Waals surface area contributed by atoms with E-state index < -0.39 is 15.8 Å². The van der Waals surface area contributed by atoms with E-state index in [2.05, 4.69) is 4.98 Å². The van der Waals surface area contributed by atoms with Crippen molar-refractivity contribution >= 4 is 32.9 Å². The molecule has 1 heterocycles. The summed E-state index contributed by atoms with van der Waals surface area (Å²) in [6.07, 6.45) is 1.17. The van der Waals surface area contributed by atoms with E-state index in [9.17, 15) is 12.8 Å². The molecule has 110 valence electrons. The van der Waals surface area contributed by atoms with E-state index in [1.807, 2.05) is 0 Å². The predicted molar refractivity (Wildman–Crippen MR) is 82.1 cm³/mol. The molecule has 0 spiro atoms. The summed E-state index contributed by atoms with van der Waals surface area (Å²) in [6, 6.07) is 8.08. The molecule has 2 N–H and O–H groups in total. The Bertz CT molecular complexity index is 776. The highest BCUT2D eigenvalue weighted by Gasteiger charge is 2.22. The predicted octanol–water partition coefficient (Wildman–Crippen LogP) is 1.68. The number of halogens is 1. The Morgan fingerprint density at radius 1 is 1.33 bits per heavy atom. The SMILES string of the molecule is CN(c1cccc(F)c1)S(=O)(=O)c1ccc(C(N)=S)nc1. The van der Waals surface area contributed by atoms with Crippen LogP contribution >= 0.6 is 12.2 Å². The molecule has 21 heavy (non-hydrogen) atoms. The maximum Gasteiger partial charge on any atom is 0.265 e. The lowest BCUT2D eigenvalue weighted by molar-refractivity contribution is 0.593. The van der Waals surface area contributed by atoms with Gasteiger partial charge in [0.05, 0.1) is 11.4 Å². The molecular weight excluding hydrogens is 313 g/mol. The zero-order chi connectivity index (χ0) is 15.6. The summed E-state index contributed by atoms with van der Waals surface area (Å²) in [5.41, 5.74) is 5.95. The average Bonchev–Trinajstić information content (AvgIpc) is 2.46. The fraction of sp³-hybridized carbons (Fsp3) is 0.0769. The van der Waals surface area contributed by atoms with Crippen molar-refractivity contribution in [3.05, 3.63) is 54.1 Å². The molecule has 1 aromatic heterocycles. The number of hydrogen-bond acceptors (Lipinski definition) is 4. The molecule has 1 aromatic carbocycles. The monoisotopic (exact) mass is 325 g/mol. The van der Waals surface area contributed by atoms with Crippen LogP contribution in [-0.4, -0.2) is 25.4 Å². The summed E-state index contributed by atoms with van der Waals surface area (Å²) >= 11 is 4.75. The van der Waals surface area contributed by atoms with Gasteiger partial charge in [-0.3, -0.25) is 9.29 Å². The van der Waals surface area contributed by atoms with Crippen molar-refractivity contribution in [1.82, 2.24) is 4.98 Å². The fourth-order valence-corrected chi connectivity index (χ4v) is 2.90. The Balaban J connectivity index is 2.39. The minimum Gasteiger partial charge on any atom is -0.388 e. The second-order valence-corrected chi connectivity index (χ2v) is 6.60. The Hall–Kier alpha value is -2.06. The normalized spacial score (nSPS) is 11.1. The van der Waals surface area contributed by atoms with Gasteiger partial charge in [0.1, 0.15) is 15.7 Å².